The second kappa shape index (κ2) is 16.7. The third kappa shape index (κ3) is 8.50. The molecule has 0 saturated heterocycles. The summed E-state index contributed by atoms with van der Waals surface area (Å²) in [6, 6.07) is 34.2. The van der Waals surface area contributed by atoms with E-state index in [1.807, 2.05) is 0 Å². The molecule has 0 fully saturated rings. The first kappa shape index (κ1) is 46.7. The van der Waals surface area contributed by atoms with E-state index in [0.29, 0.717) is 0 Å². The summed E-state index contributed by atoms with van der Waals surface area (Å²) in [5.41, 5.74) is 14.1. The molecule has 0 radical (unpaired) electrons. The van der Waals surface area contributed by atoms with Gasteiger partial charge in [-0.2, -0.15) is 0 Å². The standard InChI is InChI=1S/C29H41.C21H12Cl2.C5H5.2ClH.Zr/c1-26(2,3)22-14-18-13-19-15-23(27(4,5)6)25(29(10,11)12)17-21(19)20(18)16-24(22)28(7,8)9;22-18-10-14-5-1-3-7-20(14)16(12-18)9-17-13-19(23)11-15-6-2-4-8-21(15)17;1-2-4-5-3-1;;;/h14,16-17H,13H2,1-12H3;1-8,10-13H;1-5H;2*1H;/q;;;;;+2/p-2. The SMILES string of the molecule is CC(C)(C)c1cc2c(cc1C(C)(C)C)-c1cc(C(C)(C)C)c(C(C)(C)C)[c]([Zr+2](=[C](c3cc(Cl)cc4ccccc34)c3cc(Cl)cc4ccccc34)[CH]3C=CC=C3)c1C2.[Cl-].[Cl-]. The van der Waals surface area contributed by atoms with Gasteiger partial charge in [0.25, 0.3) is 0 Å². The number of allylic oxidation sites excluding steroid dienone is 4. The molecule has 0 atom stereocenters. The Morgan fingerprint density at radius 1 is 0.533 bits per heavy atom. The molecule has 0 spiro atoms. The Hall–Kier alpha value is -2.77. The van der Waals surface area contributed by atoms with Crippen LogP contribution in [0.25, 0.3) is 32.7 Å². The number of rotatable bonds is 4. The van der Waals surface area contributed by atoms with Crippen LogP contribution in [-0.4, -0.2) is 3.21 Å². The monoisotopic (exact) mass is 948 g/mol. The Bertz CT molecular complexity index is 2660. The van der Waals surface area contributed by atoms with E-state index in [9.17, 15) is 0 Å². The smallest absolute Gasteiger partial charge is 1.00 e. The predicted molar refractivity (Wildman–Crippen MR) is 252 cm³/mol. The maximum absolute atomic E-state index is 7.22. The van der Waals surface area contributed by atoms with E-state index in [0.717, 1.165) is 27.2 Å². The molecule has 0 bridgehead atoms. The number of halogens is 4. The number of hydrogen-bond acceptors (Lipinski definition) is 0. The summed E-state index contributed by atoms with van der Waals surface area (Å²) in [5.74, 6) is 0. The van der Waals surface area contributed by atoms with Gasteiger partial charge in [0.2, 0.25) is 0 Å². The average Bonchev–Trinajstić information content (AvgIpc) is 3.79. The molecule has 0 aromatic heterocycles. The number of fused-ring (bicyclic) bond motifs is 5. The van der Waals surface area contributed by atoms with Gasteiger partial charge in [-0.05, 0) is 0 Å². The molecular formula is C55H58Cl4Zr. The van der Waals surface area contributed by atoms with Crippen molar-refractivity contribution in [2.45, 2.75) is 115 Å². The predicted octanol–water partition coefficient (Wildman–Crippen LogP) is 9.50. The van der Waals surface area contributed by atoms with Gasteiger partial charge in [-0.15, -0.1) is 0 Å². The second-order valence-corrected chi connectivity index (χ2v) is 27.9. The molecule has 8 rings (SSSR count). The van der Waals surface area contributed by atoms with E-state index in [2.05, 4.69) is 198 Å². The largest absolute Gasteiger partial charge is 1.00 e. The van der Waals surface area contributed by atoms with Gasteiger partial charge < -0.3 is 24.8 Å². The van der Waals surface area contributed by atoms with Gasteiger partial charge in [0.05, 0.1) is 0 Å². The molecule has 0 saturated carbocycles. The Labute approximate surface area is 389 Å². The Morgan fingerprint density at radius 2 is 0.983 bits per heavy atom. The molecule has 0 aliphatic heterocycles. The first-order valence-corrected chi connectivity index (χ1v) is 25.6. The third-order valence-corrected chi connectivity index (χ3v) is 20.7. The van der Waals surface area contributed by atoms with Gasteiger partial charge in [-0.1, -0.05) is 0 Å². The molecule has 6 aromatic rings. The maximum atomic E-state index is 7.22. The zero-order valence-electron chi connectivity index (χ0n) is 37.3. The molecular weight excluding hydrogens is 894 g/mol. The van der Waals surface area contributed by atoms with Crippen LogP contribution in [0.2, 0.25) is 13.7 Å². The van der Waals surface area contributed by atoms with Crippen molar-refractivity contribution in [3.8, 4) is 11.1 Å². The number of benzene rings is 6. The van der Waals surface area contributed by atoms with Crippen LogP contribution in [0.3, 0.4) is 0 Å². The molecule has 0 N–H and O–H groups in total. The van der Waals surface area contributed by atoms with Crippen molar-refractivity contribution in [2.24, 2.45) is 0 Å². The van der Waals surface area contributed by atoms with Gasteiger partial charge in [0.1, 0.15) is 0 Å². The quantitative estimate of drug-likeness (QED) is 0.165. The Morgan fingerprint density at radius 3 is 1.45 bits per heavy atom. The van der Waals surface area contributed by atoms with Crippen LogP contribution < -0.4 is 28.1 Å². The average molecular weight is 952 g/mol. The first-order valence-electron chi connectivity index (χ1n) is 21.0. The van der Waals surface area contributed by atoms with E-state index in [1.165, 1.54) is 69.6 Å². The summed E-state index contributed by atoms with van der Waals surface area (Å²) >= 11 is 11.1. The normalized spacial score (nSPS) is 13.8. The summed E-state index contributed by atoms with van der Waals surface area (Å²) in [4.78, 5) is 0. The molecule has 5 heteroatoms. The zero-order valence-corrected chi connectivity index (χ0v) is 42.7. The van der Waals surface area contributed by atoms with Gasteiger partial charge in [0, 0.05) is 0 Å². The molecule has 310 valence electrons. The van der Waals surface area contributed by atoms with Gasteiger partial charge in [0.15, 0.2) is 0 Å². The third-order valence-electron chi connectivity index (χ3n) is 12.3. The molecule has 0 unspecified atom stereocenters. The van der Waals surface area contributed by atoms with E-state index in [1.54, 1.807) is 3.27 Å². The molecule has 6 aromatic carbocycles. The summed E-state index contributed by atoms with van der Waals surface area (Å²) in [7, 11) is 0. The molecule has 2 aliphatic carbocycles. The number of hydrogen-bond donors (Lipinski definition) is 0. The Kier molecular flexibility index (Phi) is 13.0. The minimum atomic E-state index is -3.30. The van der Waals surface area contributed by atoms with Crippen molar-refractivity contribution in [3.05, 3.63) is 170 Å². The van der Waals surface area contributed by atoms with E-state index in [4.69, 9.17) is 23.2 Å². The topological polar surface area (TPSA) is 0 Å². The molecule has 0 heterocycles. The van der Waals surface area contributed by atoms with E-state index < -0.39 is 21.3 Å². The van der Waals surface area contributed by atoms with Crippen molar-refractivity contribution in [3.63, 3.8) is 0 Å². The van der Waals surface area contributed by atoms with Crippen LogP contribution >= 0.6 is 23.2 Å². The van der Waals surface area contributed by atoms with Gasteiger partial charge in [-0.3, -0.25) is 0 Å². The van der Waals surface area contributed by atoms with Crippen molar-refractivity contribution in [1.82, 2.24) is 0 Å². The fourth-order valence-corrected chi connectivity index (χ4v) is 19.7. The van der Waals surface area contributed by atoms with Crippen LogP contribution in [0.5, 0.6) is 0 Å². The zero-order chi connectivity index (χ0) is 41.7. The van der Waals surface area contributed by atoms with Crippen LogP contribution in [0.15, 0.2) is 115 Å². The maximum Gasteiger partial charge on any atom is -1.00 e. The van der Waals surface area contributed by atoms with Crippen molar-refractivity contribution in [2.75, 3.05) is 0 Å². The summed E-state index contributed by atoms with van der Waals surface area (Å²) in [5, 5.41) is 6.33. The minimum Gasteiger partial charge on any atom is -1.00 e. The molecule has 60 heavy (non-hydrogen) atoms. The van der Waals surface area contributed by atoms with Crippen LogP contribution in [0.1, 0.15) is 128 Å². The minimum absolute atomic E-state index is 0. The molecule has 2 aliphatic rings. The molecule has 0 amide bonds. The summed E-state index contributed by atoms with van der Waals surface area (Å²) in [6.45, 7) is 28.9. The van der Waals surface area contributed by atoms with Crippen LogP contribution in [-0.2, 0) is 49.3 Å². The molecule has 0 nitrogen and oxygen atoms in total. The van der Waals surface area contributed by atoms with Crippen LogP contribution in [0.4, 0.5) is 0 Å². The van der Waals surface area contributed by atoms with E-state index >= 15 is 0 Å². The van der Waals surface area contributed by atoms with Crippen molar-refractivity contribution >= 4 is 51.2 Å². The van der Waals surface area contributed by atoms with Gasteiger partial charge >= 0.3 is 368 Å². The second-order valence-electron chi connectivity index (χ2n) is 20.9. The Balaban J connectivity index is 0.00000302. The van der Waals surface area contributed by atoms with Gasteiger partial charge in [-0.25, -0.2) is 0 Å². The van der Waals surface area contributed by atoms with Crippen LogP contribution in [0, 0.1) is 0 Å². The summed E-state index contributed by atoms with van der Waals surface area (Å²) < 4.78 is 3.39. The fraction of sp³-hybridized carbons (Fsp3) is 0.327. The fourth-order valence-electron chi connectivity index (χ4n) is 9.77. The summed E-state index contributed by atoms with van der Waals surface area (Å²) in [6.07, 6.45) is 10.5. The van der Waals surface area contributed by atoms with Crippen molar-refractivity contribution in [1.29, 1.82) is 0 Å². The first-order chi connectivity index (χ1) is 27.1. The van der Waals surface area contributed by atoms with E-state index in [-0.39, 0.29) is 50.1 Å². The van der Waals surface area contributed by atoms with Crippen molar-refractivity contribution < 1.29 is 46.1 Å².